The molecule has 0 atom stereocenters. The molecule has 21 heteroatoms. The summed E-state index contributed by atoms with van der Waals surface area (Å²) in [5, 5.41) is 103. The molecular weight excluding hydrogens is 628 g/mol. The van der Waals surface area contributed by atoms with E-state index in [1.807, 2.05) is 0 Å². The van der Waals surface area contributed by atoms with Crippen LogP contribution >= 0.6 is 0 Å². The Bertz CT molecular complexity index is 907. The van der Waals surface area contributed by atoms with Crippen molar-refractivity contribution in [2.24, 2.45) is 0 Å². The molecule has 0 spiro atoms. The number of hydrogen-bond acceptors (Lipinski definition) is 12. The number of nitriles is 12. The predicted octanol–water partition coefficient (Wildman–Crippen LogP) is -14.3. The first-order chi connectivity index (χ1) is 11.9. The molecule has 0 saturated heterocycles. The minimum Gasteiger partial charge on any atom is -0.412 e. The molecule has 0 aromatic heterocycles. The van der Waals surface area contributed by atoms with Crippen molar-refractivity contribution in [1.29, 1.82) is 63.1 Å². The third-order valence-electron chi connectivity index (χ3n) is 2.37. The molecule has 0 radical (unpaired) electrons. The number of nitrogens with zero attached hydrogens (tertiary/aromatic N) is 12. The van der Waals surface area contributed by atoms with Gasteiger partial charge in [0.2, 0.25) is 0 Å². The molecule has 0 heterocycles. The maximum Gasteiger partial charge on any atom is 1.00 e. The van der Waals surface area contributed by atoms with Gasteiger partial charge in [-0.15, -0.1) is 0 Å². The first kappa shape index (κ1) is 59.4. The Balaban J connectivity index is -0.0000000411. The second-order valence-corrected chi connectivity index (χ2v) is 14.8. The maximum absolute atomic E-state index is 8.58. The van der Waals surface area contributed by atoms with Crippen molar-refractivity contribution in [3.8, 4) is 59.6 Å². The summed E-state index contributed by atoms with van der Waals surface area (Å²) in [5.41, 5.74) is 0. The van der Waals surface area contributed by atoms with Gasteiger partial charge in [0, 0.05) is 0 Å². The molecule has 0 amide bonds. The molecule has 0 aliphatic rings. The molecule has 33 heavy (non-hydrogen) atoms. The zero-order chi connectivity index (χ0) is 21.3. The topological polar surface area (TPSA) is 380 Å². The van der Waals surface area contributed by atoms with E-state index in [9.17, 15) is 0 Å². The van der Waals surface area contributed by atoms with Gasteiger partial charge in [0.1, 0.15) is 0 Å². The Labute approximate surface area is 356 Å². The Morgan fingerprint density at radius 3 is 0.303 bits per heavy atom. The van der Waals surface area contributed by atoms with E-state index in [0.717, 1.165) is 59.6 Å². The van der Waals surface area contributed by atoms with Crippen LogP contribution in [0.4, 0.5) is 0 Å². The van der Waals surface area contributed by atoms with E-state index in [1.54, 1.807) is 0 Å². The first-order valence-corrected chi connectivity index (χ1v) is 11.4. The summed E-state index contributed by atoms with van der Waals surface area (Å²) < 4.78 is 0. The van der Waals surface area contributed by atoms with Crippen molar-refractivity contribution in [3.63, 3.8) is 0 Å². The summed E-state index contributed by atoms with van der Waals surface area (Å²) in [6.45, 7) is 0. The Kier molecular flexibility index (Phi) is 33.4. The smallest absolute Gasteiger partial charge is 0.412 e. The minimum atomic E-state index is -6.17. The van der Waals surface area contributed by atoms with Gasteiger partial charge in [-0.3, -0.25) is 0 Å². The molecule has 0 bridgehead atoms. The van der Waals surface area contributed by atoms with Gasteiger partial charge in [-0.05, 0) is 0 Å². The van der Waals surface area contributed by atoms with Gasteiger partial charge < -0.3 is 16.4 Å². The third kappa shape index (κ3) is 8.71. The quantitative estimate of drug-likeness (QED) is 0.224. The fourth-order valence-electron chi connectivity index (χ4n) is 0.530. The molecule has 0 aromatic carbocycles. The van der Waals surface area contributed by atoms with Gasteiger partial charge in [0.15, 0.2) is 0 Å². The van der Waals surface area contributed by atoms with E-state index >= 15 is 0 Å². The van der Waals surface area contributed by atoms with Gasteiger partial charge in [-0.1, -0.05) is 0 Å². The predicted molar refractivity (Wildman–Crippen MR) is 78.2 cm³/mol. The molecule has 0 aliphatic carbocycles. The second-order valence-electron chi connectivity index (χ2n) is 3.60. The Morgan fingerprint density at radius 1 is 0.242 bits per heavy atom. The standard InChI is InChI=1S/12CN.2Fe.4K.3H2O/c12*1-2;;;;;;;;;/h;;;;;;;;;;;;;;;;;;3*1H2/q;;;;;;;;;;;;2*-2;4*+1;;;. The largest absolute Gasteiger partial charge is 1.00 e. The molecule has 15 nitrogen and oxygen atoms in total. The summed E-state index contributed by atoms with van der Waals surface area (Å²) in [7, 11) is -12.3. The molecular formula is C12H6Fe2K4N12O3. The third-order valence-corrected chi connectivity index (χ3v) is 9.78. The normalized spacial score (nSPS) is 10.5. The van der Waals surface area contributed by atoms with Crippen LogP contribution in [-0.4, -0.2) is 16.4 Å². The van der Waals surface area contributed by atoms with Gasteiger partial charge in [-0.25, -0.2) is 0 Å². The van der Waals surface area contributed by atoms with Crippen LogP contribution in [0.15, 0.2) is 0 Å². The van der Waals surface area contributed by atoms with E-state index in [2.05, 4.69) is 0 Å². The Hall–Kier alpha value is 1.34. The molecule has 0 unspecified atom stereocenters. The monoisotopic (exact) mass is 634 g/mol. The molecule has 0 rings (SSSR count). The van der Waals surface area contributed by atoms with Crippen LogP contribution in [0, 0.1) is 123 Å². The summed E-state index contributed by atoms with van der Waals surface area (Å²) in [4.78, 5) is 12.4. The van der Waals surface area contributed by atoms with Crippen LogP contribution in [0.25, 0.3) is 0 Å². The van der Waals surface area contributed by atoms with Crippen molar-refractivity contribution in [3.05, 3.63) is 0 Å². The van der Waals surface area contributed by atoms with Crippen molar-refractivity contribution in [2.75, 3.05) is 0 Å². The fraction of sp³-hybridized carbons (Fsp3) is 0. The van der Waals surface area contributed by atoms with E-state index in [4.69, 9.17) is 63.1 Å². The summed E-state index contributed by atoms with van der Waals surface area (Å²) >= 11 is 0. The zero-order valence-electron chi connectivity index (χ0n) is 17.6. The van der Waals surface area contributed by atoms with Crippen LogP contribution in [-0.2, 0) is 21.5 Å². The second kappa shape index (κ2) is 18.6. The van der Waals surface area contributed by atoms with Crippen LogP contribution in [0.5, 0.6) is 0 Å². The van der Waals surface area contributed by atoms with Crippen LogP contribution < -0.4 is 206 Å². The zero-order valence-corrected chi connectivity index (χ0v) is 32.3. The van der Waals surface area contributed by atoms with Gasteiger partial charge in [0.25, 0.3) is 0 Å². The van der Waals surface area contributed by atoms with Crippen LogP contribution in [0.1, 0.15) is 0 Å². The van der Waals surface area contributed by atoms with Crippen LogP contribution in [0.3, 0.4) is 0 Å². The Morgan fingerprint density at radius 2 is 0.303 bits per heavy atom. The van der Waals surface area contributed by atoms with E-state index in [1.165, 1.54) is 0 Å². The van der Waals surface area contributed by atoms with E-state index in [-0.39, 0.29) is 222 Å². The van der Waals surface area contributed by atoms with E-state index < -0.39 is 21.5 Å². The minimum absolute atomic E-state index is 0. The number of rotatable bonds is 0. The van der Waals surface area contributed by atoms with Crippen molar-refractivity contribution in [2.45, 2.75) is 0 Å². The summed E-state index contributed by atoms with van der Waals surface area (Å²) in [5.74, 6) is 0. The molecule has 0 saturated carbocycles. The van der Waals surface area contributed by atoms with Gasteiger partial charge >= 0.3 is 350 Å². The van der Waals surface area contributed by atoms with E-state index in [0.29, 0.717) is 0 Å². The summed E-state index contributed by atoms with van der Waals surface area (Å²) in [6, 6.07) is 0. The average molecular weight is 634 g/mol. The number of hydrogen-bond donors (Lipinski definition) is 0. The first-order valence-electron chi connectivity index (χ1n) is 4.80. The fourth-order valence-corrected chi connectivity index (χ4v) is 2.19. The van der Waals surface area contributed by atoms with Gasteiger partial charge in [-0.2, -0.15) is 0 Å². The van der Waals surface area contributed by atoms with Crippen molar-refractivity contribution < 1.29 is 243 Å². The average Bonchev–Trinajstić information content (AvgIpc) is 2.77. The SMILES string of the molecule is N#[C][Fe-2]([C]#N)([C]#N)([C]#N)([C]#N)[C]#N.N#[C][Fe-2]([C]#N)([C]#N)([C]#N)([C]#N)[C]#N.O.O.O.[K+].[K+].[K+].[K+]. The van der Waals surface area contributed by atoms with Gasteiger partial charge in [0.05, 0.1) is 0 Å². The summed E-state index contributed by atoms with van der Waals surface area (Å²) in [6.07, 6.45) is 0. The van der Waals surface area contributed by atoms with Crippen molar-refractivity contribution in [1.82, 2.24) is 0 Å². The van der Waals surface area contributed by atoms with Crippen molar-refractivity contribution >= 4 is 0 Å². The maximum atomic E-state index is 8.58. The molecule has 152 valence electrons. The molecule has 0 aliphatic heterocycles. The molecule has 6 N–H and O–H groups in total. The molecule has 0 fully saturated rings. The molecule has 0 aromatic rings. The van der Waals surface area contributed by atoms with Crippen LogP contribution in [0.2, 0.25) is 0 Å².